The van der Waals surface area contributed by atoms with Gasteiger partial charge in [-0.25, -0.2) is 4.57 Å². The largest absolute Gasteiger partial charge is 0.408 e. The highest BCUT2D eigenvalue weighted by Crippen LogP contribution is 2.22. The van der Waals surface area contributed by atoms with Crippen molar-refractivity contribution in [3.8, 4) is 6.07 Å². The van der Waals surface area contributed by atoms with Gasteiger partial charge >= 0.3 is 5.13 Å². The van der Waals surface area contributed by atoms with Gasteiger partial charge in [0.15, 0.2) is 0 Å². The standard InChI is InChI=1S/C15H18N5S/c1-3-20-11-12-21-15(20)18-17-13-5-7-14(8-6-13)19(2)10-4-9-16/h5-8,11-12H,3-4,10H2,1-2H3/q+1. The lowest BCUT2D eigenvalue weighted by Crippen LogP contribution is -2.28. The van der Waals surface area contributed by atoms with Crippen molar-refractivity contribution in [2.75, 3.05) is 18.5 Å². The third kappa shape index (κ3) is 4.10. The van der Waals surface area contributed by atoms with Crippen molar-refractivity contribution in [2.24, 2.45) is 10.2 Å². The van der Waals surface area contributed by atoms with E-state index in [1.54, 1.807) is 11.3 Å². The van der Waals surface area contributed by atoms with Crippen LogP contribution < -0.4 is 9.47 Å². The van der Waals surface area contributed by atoms with Gasteiger partial charge < -0.3 is 4.90 Å². The maximum Gasteiger partial charge on any atom is 0.408 e. The highest BCUT2D eigenvalue weighted by atomic mass is 32.1. The first-order valence-electron chi connectivity index (χ1n) is 6.81. The highest BCUT2D eigenvalue weighted by Gasteiger charge is 2.09. The van der Waals surface area contributed by atoms with Crippen LogP contribution in [0.2, 0.25) is 0 Å². The van der Waals surface area contributed by atoms with Crippen molar-refractivity contribution in [3.63, 3.8) is 0 Å². The Hall–Kier alpha value is -2.26. The quantitative estimate of drug-likeness (QED) is 0.601. The number of hydrogen-bond acceptors (Lipinski definition) is 5. The number of anilines is 1. The molecule has 0 saturated heterocycles. The normalized spacial score (nSPS) is 10.7. The van der Waals surface area contributed by atoms with Crippen molar-refractivity contribution in [1.82, 2.24) is 0 Å². The first-order valence-corrected chi connectivity index (χ1v) is 7.69. The number of nitrogens with zero attached hydrogens (tertiary/aromatic N) is 5. The lowest BCUT2D eigenvalue weighted by atomic mass is 10.2. The van der Waals surface area contributed by atoms with Crippen molar-refractivity contribution < 1.29 is 4.57 Å². The summed E-state index contributed by atoms with van der Waals surface area (Å²) in [4.78, 5) is 2.05. The average Bonchev–Trinajstić information content (AvgIpc) is 2.98. The van der Waals surface area contributed by atoms with E-state index in [1.165, 1.54) is 0 Å². The first kappa shape index (κ1) is 15.1. The molecule has 0 fully saturated rings. The molecule has 2 rings (SSSR count). The van der Waals surface area contributed by atoms with E-state index >= 15 is 0 Å². The molecule has 5 nitrogen and oxygen atoms in total. The van der Waals surface area contributed by atoms with Crippen LogP contribution in [0.1, 0.15) is 13.3 Å². The number of aromatic nitrogens is 1. The fourth-order valence-corrected chi connectivity index (χ4v) is 2.58. The number of rotatable bonds is 6. The smallest absolute Gasteiger partial charge is 0.374 e. The highest BCUT2D eigenvalue weighted by molar-refractivity contribution is 7.12. The third-order valence-electron chi connectivity index (χ3n) is 3.10. The number of nitriles is 1. The Balaban J connectivity index is 2.04. The summed E-state index contributed by atoms with van der Waals surface area (Å²) < 4.78 is 2.05. The van der Waals surface area contributed by atoms with Gasteiger partial charge in [0.25, 0.3) is 0 Å². The fraction of sp³-hybridized carbons (Fsp3) is 0.333. The molecule has 0 saturated carbocycles. The second kappa shape index (κ2) is 7.50. The minimum absolute atomic E-state index is 0.521. The van der Waals surface area contributed by atoms with Gasteiger partial charge in [0, 0.05) is 24.7 Å². The van der Waals surface area contributed by atoms with Gasteiger partial charge in [-0.05, 0) is 47.6 Å². The molecule has 0 radical (unpaired) electrons. The van der Waals surface area contributed by atoms with E-state index in [-0.39, 0.29) is 0 Å². The molecule has 0 aliphatic rings. The monoisotopic (exact) mass is 300 g/mol. The first-order chi connectivity index (χ1) is 10.2. The molecule has 2 aromatic rings. The summed E-state index contributed by atoms with van der Waals surface area (Å²) in [6, 6.07) is 10.0. The average molecular weight is 300 g/mol. The Kier molecular flexibility index (Phi) is 5.41. The number of benzene rings is 1. The Labute approximate surface area is 128 Å². The Morgan fingerprint density at radius 2 is 2.05 bits per heavy atom. The molecule has 0 unspecified atom stereocenters. The van der Waals surface area contributed by atoms with E-state index in [4.69, 9.17) is 5.26 Å². The molecule has 108 valence electrons. The van der Waals surface area contributed by atoms with E-state index in [0.717, 1.165) is 29.6 Å². The zero-order valence-corrected chi connectivity index (χ0v) is 13.0. The molecular formula is C15H18N5S+. The lowest BCUT2D eigenvalue weighted by Gasteiger charge is -2.17. The molecule has 21 heavy (non-hydrogen) atoms. The van der Waals surface area contributed by atoms with Gasteiger partial charge in [-0.1, -0.05) is 0 Å². The van der Waals surface area contributed by atoms with Crippen LogP contribution in [0, 0.1) is 11.3 Å². The summed E-state index contributed by atoms with van der Waals surface area (Å²) in [5.74, 6) is 0. The number of aryl methyl sites for hydroxylation is 1. The molecule has 0 N–H and O–H groups in total. The Bertz CT molecular complexity index is 639. The molecule has 0 bridgehead atoms. The topological polar surface area (TPSA) is 55.6 Å². The third-order valence-corrected chi connectivity index (χ3v) is 3.89. The molecule has 6 heteroatoms. The van der Waals surface area contributed by atoms with Crippen molar-refractivity contribution in [1.29, 1.82) is 5.26 Å². The van der Waals surface area contributed by atoms with Crippen LogP contribution in [-0.4, -0.2) is 13.6 Å². The van der Waals surface area contributed by atoms with Gasteiger partial charge in [-0.2, -0.15) is 5.26 Å². The van der Waals surface area contributed by atoms with Gasteiger partial charge in [-0.15, -0.1) is 0 Å². The molecule has 0 spiro atoms. The summed E-state index contributed by atoms with van der Waals surface area (Å²) >= 11 is 1.57. The number of hydrogen-bond donors (Lipinski definition) is 0. The molecule has 0 aliphatic heterocycles. The minimum Gasteiger partial charge on any atom is -0.374 e. The van der Waals surface area contributed by atoms with Crippen LogP contribution in [0.15, 0.2) is 46.1 Å². The van der Waals surface area contributed by atoms with Crippen LogP contribution in [0.3, 0.4) is 0 Å². The van der Waals surface area contributed by atoms with E-state index in [0.29, 0.717) is 6.42 Å². The van der Waals surface area contributed by atoms with Gasteiger partial charge in [-0.3, -0.25) is 0 Å². The second-order valence-corrected chi connectivity index (χ2v) is 5.39. The summed E-state index contributed by atoms with van der Waals surface area (Å²) in [5.41, 5.74) is 1.90. The molecule has 0 aliphatic carbocycles. The van der Waals surface area contributed by atoms with Gasteiger partial charge in [0.05, 0.1) is 24.1 Å². The van der Waals surface area contributed by atoms with Gasteiger partial charge in [0.1, 0.15) is 11.9 Å². The van der Waals surface area contributed by atoms with Crippen LogP contribution in [0.5, 0.6) is 0 Å². The number of azo groups is 1. The van der Waals surface area contributed by atoms with Crippen LogP contribution in [0.4, 0.5) is 16.5 Å². The van der Waals surface area contributed by atoms with Gasteiger partial charge in [0.2, 0.25) is 0 Å². The SMILES string of the molecule is CC[n+]1ccsc1N=Nc1ccc(N(C)CCC#N)cc1. The van der Waals surface area contributed by atoms with E-state index in [1.807, 2.05) is 42.9 Å². The van der Waals surface area contributed by atoms with E-state index in [9.17, 15) is 0 Å². The molecule has 1 aromatic heterocycles. The van der Waals surface area contributed by atoms with Crippen LogP contribution in [-0.2, 0) is 6.54 Å². The van der Waals surface area contributed by atoms with Crippen LogP contribution >= 0.6 is 11.3 Å². The predicted octanol–water partition coefficient (Wildman–Crippen LogP) is 3.82. The maximum atomic E-state index is 8.60. The fourth-order valence-electron chi connectivity index (χ4n) is 1.84. The van der Waals surface area contributed by atoms with Crippen molar-refractivity contribution >= 4 is 27.8 Å². The van der Waals surface area contributed by atoms with E-state index in [2.05, 4.69) is 32.7 Å². The molecule has 0 atom stereocenters. The lowest BCUT2D eigenvalue weighted by molar-refractivity contribution is -0.676. The maximum absolute atomic E-state index is 8.60. The summed E-state index contributed by atoms with van der Waals surface area (Å²) in [6.45, 7) is 3.70. The molecular weight excluding hydrogens is 282 g/mol. The second-order valence-electron chi connectivity index (χ2n) is 4.52. The molecule has 1 heterocycles. The summed E-state index contributed by atoms with van der Waals surface area (Å²) in [7, 11) is 1.98. The molecule has 0 amide bonds. The zero-order chi connectivity index (χ0) is 15.1. The predicted molar refractivity (Wildman–Crippen MR) is 84.3 cm³/mol. The summed E-state index contributed by atoms with van der Waals surface area (Å²) in [5, 5.41) is 20.1. The van der Waals surface area contributed by atoms with Crippen molar-refractivity contribution in [3.05, 3.63) is 35.8 Å². The zero-order valence-electron chi connectivity index (χ0n) is 12.2. The minimum atomic E-state index is 0.521. The van der Waals surface area contributed by atoms with E-state index < -0.39 is 0 Å². The summed E-state index contributed by atoms with van der Waals surface area (Å²) in [6.07, 6.45) is 2.53. The molecule has 1 aromatic carbocycles. The number of thiazole rings is 1. The van der Waals surface area contributed by atoms with Crippen molar-refractivity contribution in [2.45, 2.75) is 19.9 Å². The van der Waals surface area contributed by atoms with Crippen LogP contribution in [0.25, 0.3) is 0 Å². The Morgan fingerprint density at radius 1 is 1.29 bits per heavy atom. The Morgan fingerprint density at radius 3 is 2.71 bits per heavy atom.